The molecule has 0 unspecified atom stereocenters. The zero-order chi connectivity index (χ0) is 20.2. The minimum absolute atomic E-state index is 0.320. The maximum atomic E-state index is 13.4. The smallest absolute Gasteiger partial charge is 0.256 e. The Labute approximate surface area is 166 Å². The van der Waals surface area contributed by atoms with Crippen molar-refractivity contribution in [3.63, 3.8) is 0 Å². The Balaban J connectivity index is 1.63. The monoisotopic (exact) mass is 388 g/mol. The van der Waals surface area contributed by atoms with E-state index in [4.69, 9.17) is 9.15 Å². The van der Waals surface area contributed by atoms with Crippen molar-refractivity contribution in [2.45, 2.75) is 0 Å². The van der Waals surface area contributed by atoms with Crippen molar-refractivity contribution in [2.75, 3.05) is 12.4 Å². The molecule has 0 bridgehead atoms. The summed E-state index contributed by atoms with van der Waals surface area (Å²) in [5, 5.41) is 2.70. The Morgan fingerprint density at radius 3 is 2.59 bits per heavy atom. The van der Waals surface area contributed by atoms with Crippen LogP contribution in [0.3, 0.4) is 0 Å². The molecular formula is C23H17FN2O3. The molecule has 4 rings (SSSR count). The number of nitrogens with zero attached hydrogens (tertiary/aromatic N) is 1. The third-order valence-electron chi connectivity index (χ3n) is 4.36. The van der Waals surface area contributed by atoms with Gasteiger partial charge in [0, 0.05) is 16.8 Å². The van der Waals surface area contributed by atoms with Crippen LogP contribution in [0.2, 0.25) is 0 Å². The zero-order valence-corrected chi connectivity index (χ0v) is 15.6. The molecule has 144 valence electrons. The number of ether oxygens (including phenoxy) is 1. The maximum absolute atomic E-state index is 13.4. The van der Waals surface area contributed by atoms with Crippen LogP contribution in [0, 0.1) is 5.82 Å². The van der Waals surface area contributed by atoms with Gasteiger partial charge in [0.05, 0.1) is 18.9 Å². The highest BCUT2D eigenvalue weighted by Gasteiger charge is 2.17. The third kappa shape index (κ3) is 4.01. The van der Waals surface area contributed by atoms with Crippen molar-refractivity contribution in [3.8, 4) is 28.5 Å². The molecule has 4 aromatic rings. The second-order valence-electron chi connectivity index (χ2n) is 6.27. The van der Waals surface area contributed by atoms with Crippen molar-refractivity contribution in [1.29, 1.82) is 0 Å². The van der Waals surface area contributed by atoms with Gasteiger partial charge in [0.25, 0.3) is 5.91 Å². The quantitative estimate of drug-likeness (QED) is 0.497. The number of rotatable bonds is 5. The lowest BCUT2D eigenvalue weighted by atomic mass is 10.1. The molecule has 3 aromatic carbocycles. The van der Waals surface area contributed by atoms with Gasteiger partial charge in [-0.3, -0.25) is 4.79 Å². The number of hydrogen-bond acceptors (Lipinski definition) is 4. The number of carbonyl (C=O) groups is 1. The average molecular weight is 388 g/mol. The van der Waals surface area contributed by atoms with Gasteiger partial charge in [-0.05, 0) is 54.6 Å². The number of anilines is 1. The number of hydrogen-bond donors (Lipinski definition) is 1. The van der Waals surface area contributed by atoms with Crippen LogP contribution in [-0.4, -0.2) is 18.0 Å². The summed E-state index contributed by atoms with van der Waals surface area (Å²) in [6.45, 7) is 0. The molecule has 0 aliphatic rings. The SMILES string of the molecule is COc1ccc(-c2cnc(-c3ccccc3C(=O)Nc3cccc(F)c3)o2)cc1. The minimum Gasteiger partial charge on any atom is -0.497 e. The topological polar surface area (TPSA) is 64.4 Å². The molecular weight excluding hydrogens is 371 g/mol. The fraction of sp³-hybridized carbons (Fsp3) is 0.0435. The first-order valence-electron chi connectivity index (χ1n) is 8.90. The van der Waals surface area contributed by atoms with Crippen molar-refractivity contribution in [3.05, 3.63) is 90.4 Å². The van der Waals surface area contributed by atoms with Gasteiger partial charge in [-0.15, -0.1) is 0 Å². The number of aromatic nitrogens is 1. The highest BCUT2D eigenvalue weighted by atomic mass is 19.1. The molecule has 1 amide bonds. The van der Waals surface area contributed by atoms with Crippen molar-refractivity contribution in [2.24, 2.45) is 0 Å². The fourth-order valence-corrected chi connectivity index (χ4v) is 2.92. The second kappa shape index (κ2) is 7.98. The highest BCUT2D eigenvalue weighted by Crippen LogP contribution is 2.29. The fourth-order valence-electron chi connectivity index (χ4n) is 2.92. The van der Waals surface area contributed by atoms with E-state index < -0.39 is 5.82 Å². The molecule has 0 atom stereocenters. The second-order valence-corrected chi connectivity index (χ2v) is 6.27. The molecule has 0 radical (unpaired) electrons. The summed E-state index contributed by atoms with van der Waals surface area (Å²) < 4.78 is 24.5. The van der Waals surface area contributed by atoms with Crippen LogP contribution >= 0.6 is 0 Å². The Kier molecular flexibility index (Phi) is 5.07. The van der Waals surface area contributed by atoms with E-state index in [0.29, 0.717) is 28.5 Å². The predicted octanol–water partition coefficient (Wildman–Crippen LogP) is 5.41. The third-order valence-corrected chi connectivity index (χ3v) is 4.36. The van der Waals surface area contributed by atoms with Crippen molar-refractivity contribution in [1.82, 2.24) is 4.98 Å². The van der Waals surface area contributed by atoms with Gasteiger partial charge < -0.3 is 14.5 Å². The van der Waals surface area contributed by atoms with Crippen molar-refractivity contribution < 1.29 is 18.3 Å². The molecule has 1 heterocycles. The van der Waals surface area contributed by atoms with E-state index >= 15 is 0 Å². The molecule has 0 spiro atoms. The number of amides is 1. The van der Waals surface area contributed by atoms with Gasteiger partial charge >= 0.3 is 0 Å². The molecule has 0 aliphatic heterocycles. The van der Waals surface area contributed by atoms with E-state index in [-0.39, 0.29) is 5.91 Å². The molecule has 1 N–H and O–H groups in total. The van der Waals surface area contributed by atoms with Crippen LogP contribution in [0.25, 0.3) is 22.8 Å². The van der Waals surface area contributed by atoms with Crippen LogP contribution < -0.4 is 10.1 Å². The average Bonchev–Trinajstić information content (AvgIpc) is 3.24. The van der Waals surface area contributed by atoms with E-state index in [2.05, 4.69) is 10.3 Å². The molecule has 6 heteroatoms. The molecule has 0 saturated heterocycles. The van der Waals surface area contributed by atoms with Gasteiger partial charge in [-0.2, -0.15) is 0 Å². The molecule has 0 fully saturated rings. The number of methoxy groups -OCH3 is 1. The summed E-state index contributed by atoms with van der Waals surface area (Å²) in [6, 6.07) is 20.1. The van der Waals surface area contributed by atoms with Crippen LogP contribution in [-0.2, 0) is 0 Å². The largest absolute Gasteiger partial charge is 0.497 e. The maximum Gasteiger partial charge on any atom is 0.256 e. The van der Waals surface area contributed by atoms with Gasteiger partial charge in [0.2, 0.25) is 5.89 Å². The van der Waals surface area contributed by atoms with E-state index in [9.17, 15) is 9.18 Å². The molecule has 29 heavy (non-hydrogen) atoms. The van der Waals surface area contributed by atoms with Gasteiger partial charge in [-0.1, -0.05) is 18.2 Å². The lowest BCUT2D eigenvalue weighted by Gasteiger charge is -2.08. The normalized spacial score (nSPS) is 10.6. The Morgan fingerprint density at radius 2 is 1.83 bits per heavy atom. The molecule has 1 aromatic heterocycles. The standard InChI is InChI=1S/C23H17FN2O3/c1-28-18-11-9-15(10-12-18)21-14-25-23(29-21)20-8-3-2-7-19(20)22(27)26-17-6-4-5-16(24)13-17/h2-14H,1H3,(H,26,27). The first-order chi connectivity index (χ1) is 14.1. The van der Waals surface area contributed by atoms with E-state index in [0.717, 1.165) is 11.3 Å². The van der Waals surface area contributed by atoms with Crippen LogP contribution in [0.15, 0.2) is 83.4 Å². The van der Waals surface area contributed by atoms with Gasteiger partial charge in [0.1, 0.15) is 11.6 Å². The summed E-state index contributed by atoms with van der Waals surface area (Å²) >= 11 is 0. The van der Waals surface area contributed by atoms with Crippen LogP contribution in [0.4, 0.5) is 10.1 Å². The molecule has 0 aliphatic carbocycles. The lowest BCUT2D eigenvalue weighted by Crippen LogP contribution is -2.13. The number of nitrogens with one attached hydrogen (secondary N) is 1. The number of halogens is 1. The first-order valence-corrected chi connectivity index (χ1v) is 8.90. The van der Waals surface area contributed by atoms with E-state index in [1.54, 1.807) is 43.6 Å². The van der Waals surface area contributed by atoms with Crippen molar-refractivity contribution >= 4 is 11.6 Å². The summed E-state index contributed by atoms with van der Waals surface area (Å²) in [5.74, 6) is 0.833. The Morgan fingerprint density at radius 1 is 1.03 bits per heavy atom. The molecule has 5 nitrogen and oxygen atoms in total. The summed E-state index contributed by atoms with van der Waals surface area (Å²) in [4.78, 5) is 17.1. The van der Waals surface area contributed by atoms with Gasteiger partial charge in [0.15, 0.2) is 5.76 Å². The molecule has 0 saturated carbocycles. The number of oxazole rings is 1. The van der Waals surface area contributed by atoms with Gasteiger partial charge in [-0.25, -0.2) is 9.37 Å². The van der Waals surface area contributed by atoms with Crippen LogP contribution in [0.5, 0.6) is 5.75 Å². The Bertz CT molecular complexity index is 1150. The van der Waals surface area contributed by atoms with E-state index in [1.165, 1.54) is 18.2 Å². The zero-order valence-electron chi connectivity index (χ0n) is 15.6. The highest BCUT2D eigenvalue weighted by molar-refractivity contribution is 6.08. The number of benzene rings is 3. The summed E-state index contributed by atoms with van der Waals surface area (Å²) in [5.41, 5.74) is 2.13. The summed E-state index contributed by atoms with van der Waals surface area (Å²) in [6.07, 6.45) is 1.61. The Hall–Kier alpha value is -3.93. The summed E-state index contributed by atoms with van der Waals surface area (Å²) in [7, 11) is 1.60. The lowest BCUT2D eigenvalue weighted by molar-refractivity contribution is 0.102. The minimum atomic E-state index is -0.423. The first kappa shape index (κ1) is 18.4. The van der Waals surface area contributed by atoms with E-state index in [1.807, 2.05) is 24.3 Å². The van der Waals surface area contributed by atoms with Crippen LogP contribution in [0.1, 0.15) is 10.4 Å². The number of carbonyl (C=O) groups excluding carboxylic acids is 1. The predicted molar refractivity (Wildman–Crippen MR) is 108 cm³/mol.